The molecule has 1 heterocycles. The van der Waals surface area contributed by atoms with Gasteiger partial charge in [-0.3, -0.25) is 4.79 Å². The van der Waals surface area contributed by atoms with Crippen molar-refractivity contribution in [2.24, 2.45) is 0 Å². The third kappa shape index (κ3) is 3.11. The first-order valence-electron chi connectivity index (χ1n) is 5.45. The molecule has 0 bridgehead atoms. The predicted octanol–water partition coefficient (Wildman–Crippen LogP) is 3.33. The Kier molecular flexibility index (Phi) is 4.04. The Morgan fingerprint density at radius 2 is 2.17 bits per heavy atom. The zero-order valence-corrected chi connectivity index (χ0v) is 12.3. The number of aryl methyl sites for hydroxylation is 1. The number of halogens is 1. The molecule has 5 heteroatoms. The first-order valence-corrected chi connectivity index (χ1v) is 7.06. The highest BCUT2D eigenvalue weighted by Crippen LogP contribution is 2.22. The van der Waals surface area contributed by atoms with Crippen LogP contribution < -0.4 is 11.1 Å². The van der Waals surface area contributed by atoms with Crippen LogP contribution in [0.25, 0.3) is 0 Å². The van der Waals surface area contributed by atoms with Crippen molar-refractivity contribution in [2.45, 2.75) is 13.5 Å². The Hall–Kier alpha value is -1.33. The summed E-state index contributed by atoms with van der Waals surface area (Å²) < 4.78 is 1.06. The third-order valence-electron chi connectivity index (χ3n) is 2.51. The molecular formula is C13H13BrN2OS. The van der Waals surface area contributed by atoms with Crippen molar-refractivity contribution in [2.75, 3.05) is 5.73 Å². The van der Waals surface area contributed by atoms with Gasteiger partial charge in [0.2, 0.25) is 0 Å². The van der Waals surface area contributed by atoms with Gasteiger partial charge in [0.25, 0.3) is 5.91 Å². The summed E-state index contributed by atoms with van der Waals surface area (Å²) in [5.74, 6) is -0.138. The highest BCUT2D eigenvalue weighted by molar-refractivity contribution is 9.11. The van der Waals surface area contributed by atoms with Crippen LogP contribution in [0, 0.1) is 6.92 Å². The van der Waals surface area contributed by atoms with Gasteiger partial charge in [-0.15, -0.1) is 11.3 Å². The molecular weight excluding hydrogens is 312 g/mol. The number of nitrogen functional groups attached to an aromatic ring is 1. The molecule has 0 atom stereocenters. The summed E-state index contributed by atoms with van der Waals surface area (Å²) >= 11 is 4.99. The Labute approximate surface area is 118 Å². The Morgan fingerprint density at radius 3 is 2.83 bits per heavy atom. The molecule has 0 unspecified atom stereocenters. The molecule has 2 rings (SSSR count). The van der Waals surface area contributed by atoms with Crippen LogP contribution in [-0.4, -0.2) is 5.91 Å². The predicted molar refractivity (Wildman–Crippen MR) is 78.8 cm³/mol. The summed E-state index contributed by atoms with van der Waals surface area (Å²) in [7, 11) is 0. The monoisotopic (exact) mass is 324 g/mol. The number of nitrogens with two attached hydrogens (primary N) is 1. The number of carbonyl (C=O) groups excluding carboxylic acids is 1. The minimum absolute atomic E-state index is 0.138. The molecule has 2 aromatic rings. The Morgan fingerprint density at radius 1 is 1.39 bits per heavy atom. The van der Waals surface area contributed by atoms with Crippen LogP contribution in [0.5, 0.6) is 0 Å². The van der Waals surface area contributed by atoms with Crippen LogP contribution in [0.2, 0.25) is 0 Å². The van der Waals surface area contributed by atoms with Crippen LogP contribution in [-0.2, 0) is 6.54 Å². The maximum Gasteiger partial charge on any atom is 0.253 e. The maximum atomic E-state index is 12.0. The van der Waals surface area contributed by atoms with E-state index in [2.05, 4.69) is 21.2 Å². The largest absolute Gasteiger partial charge is 0.398 e. The molecule has 1 amide bonds. The molecule has 1 aromatic heterocycles. The first-order chi connectivity index (χ1) is 8.56. The number of carbonyl (C=O) groups is 1. The molecule has 1 aromatic carbocycles. The summed E-state index contributed by atoms with van der Waals surface area (Å²) in [5, 5.41) is 2.87. The van der Waals surface area contributed by atoms with Crippen molar-refractivity contribution < 1.29 is 4.79 Å². The highest BCUT2D eigenvalue weighted by Gasteiger charge is 2.09. The lowest BCUT2D eigenvalue weighted by atomic mass is 10.1. The standard InChI is InChI=1S/C13H13BrN2OS/c1-8-2-4-11(15)10(6-8)13(17)16-7-9-3-5-12(14)18-9/h2-6H,7,15H2,1H3,(H,16,17). The van der Waals surface area contributed by atoms with Gasteiger partial charge in [0, 0.05) is 10.6 Å². The van der Waals surface area contributed by atoms with Gasteiger partial charge in [-0.05, 0) is 47.1 Å². The van der Waals surface area contributed by atoms with E-state index < -0.39 is 0 Å². The molecule has 3 nitrogen and oxygen atoms in total. The van der Waals surface area contributed by atoms with Crippen LogP contribution in [0.15, 0.2) is 34.1 Å². The van der Waals surface area contributed by atoms with Crippen molar-refractivity contribution in [3.8, 4) is 0 Å². The fraction of sp³-hybridized carbons (Fsp3) is 0.154. The van der Waals surface area contributed by atoms with E-state index in [1.807, 2.05) is 25.1 Å². The summed E-state index contributed by atoms with van der Waals surface area (Å²) in [6, 6.07) is 9.39. The van der Waals surface area contributed by atoms with Gasteiger partial charge in [0.05, 0.1) is 15.9 Å². The van der Waals surface area contributed by atoms with Crippen LogP contribution >= 0.6 is 27.3 Å². The molecule has 0 aliphatic carbocycles. The molecule has 0 aliphatic rings. The number of thiophene rings is 1. The zero-order chi connectivity index (χ0) is 13.1. The fourth-order valence-corrected chi connectivity index (χ4v) is 3.00. The number of hydrogen-bond donors (Lipinski definition) is 2. The molecule has 0 radical (unpaired) electrons. The minimum Gasteiger partial charge on any atom is -0.398 e. The minimum atomic E-state index is -0.138. The number of amides is 1. The van der Waals surface area contributed by atoms with Crippen LogP contribution in [0.3, 0.4) is 0 Å². The van der Waals surface area contributed by atoms with Gasteiger partial charge in [-0.25, -0.2) is 0 Å². The smallest absolute Gasteiger partial charge is 0.253 e. The molecule has 0 saturated carbocycles. The Balaban J connectivity index is 2.05. The van der Waals surface area contributed by atoms with E-state index >= 15 is 0 Å². The van der Waals surface area contributed by atoms with Crippen molar-refractivity contribution in [3.05, 3.63) is 50.1 Å². The quantitative estimate of drug-likeness (QED) is 0.851. The number of benzene rings is 1. The van der Waals surface area contributed by atoms with Gasteiger partial charge in [-0.2, -0.15) is 0 Å². The molecule has 94 valence electrons. The average molecular weight is 325 g/mol. The molecule has 0 fully saturated rings. The van der Waals surface area contributed by atoms with E-state index in [0.29, 0.717) is 17.8 Å². The van der Waals surface area contributed by atoms with Gasteiger partial charge in [0.15, 0.2) is 0 Å². The number of rotatable bonds is 3. The maximum absolute atomic E-state index is 12.0. The fourth-order valence-electron chi connectivity index (χ4n) is 1.58. The first kappa shape index (κ1) is 13.1. The second kappa shape index (κ2) is 5.54. The van der Waals surface area contributed by atoms with E-state index in [9.17, 15) is 4.79 Å². The van der Waals surface area contributed by atoms with Crippen molar-refractivity contribution in [1.29, 1.82) is 0 Å². The number of hydrogen-bond acceptors (Lipinski definition) is 3. The van der Waals surface area contributed by atoms with E-state index in [4.69, 9.17) is 5.73 Å². The summed E-state index contributed by atoms with van der Waals surface area (Å²) in [5.41, 5.74) is 7.86. The highest BCUT2D eigenvalue weighted by atomic mass is 79.9. The number of anilines is 1. The SMILES string of the molecule is Cc1ccc(N)c(C(=O)NCc2ccc(Br)s2)c1. The zero-order valence-electron chi connectivity index (χ0n) is 9.87. The number of nitrogens with one attached hydrogen (secondary N) is 1. The van der Waals surface area contributed by atoms with E-state index in [0.717, 1.165) is 14.2 Å². The van der Waals surface area contributed by atoms with Crippen molar-refractivity contribution in [3.63, 3.8) is 0 Å². The van der Waals surface area contributed by atoms with E-state index in [1.54, 1.807) is 23.5 Å². The van der Waals surface area contributed by atoms with Gasteiger partial charge < -0.3 is 11.1 Å². The molecule has 0 spiro atoms. The lowest BCUT2D eigenvalue weighted by Gasteiger charge is -2.07. The lowest BCUT2D eigenvalue weighted by Crippen LogP contribution is -2.23. The van der Waals surface area contributed by atoms with Crippen LogP contribution in [0.1, 0.15) is 20.8 Å². The van der Waals surface area contributed by atoms with Crippen molar-refractivity contribution in [1.82, 2.24) is 5.32 Å². The molecule has 3 N–H and O–H groups in total. The third-order valence-corrected chi connectivity index (χ3v) is 4.13. The second-order valence-electron chi connectivity index (χ2n) is 3.98. The molecule has 0 aliphatic heterocycles. The van der Waals surface area contributed by atoms with Gasteiger partial charge in [-0.1, -0.05) is 11.6 Å². The topological polar surface area (TPSA) is 55.1 Å². The van der Waals surface area contributed by atoms with Crippen molar-refractivity contribution >= 4 is 38.9 Å². The lowest BCUT2D eigenvalue weighted by molar-refractivity contribution is 0.0952. The summed E-state index contributed by atoms with van der Waals surface area (Å²) in [4.78, 5) is 13.1. The molecule has 0 saturated heterocycles. The van der Waals surface area contributed by atoms with E-state index in [1.165, 1.54) is 0 Å². The summed E-state index contributed by atoms with van der Waals surface area (Å²) in [6.45, 7) is 2.45. The molecule has 18 heavy (non-hydrogen) atoms. The Bertz CT molecular complexity index is 580. The normalized spacial score (nSPS) is 10.3. The van der Waals surface area contributed by atoms with Gasteiger partial charge in [0.1, 0.15) is 0 Å². The van der Waals surface area contributed by atoms with Crippen LogP contribution in [0.4, 0.5) is 5.69 Å². The van der Waals surface area contributed by atoms with Gasteiger partial charge >= 0.3 is 0 Å². The van der Waals surface area contributed by atoms with E-state index in [-0.39, 0.29) is 5.91 Å². The summed E-state index contributed by atoms with van der Waals surface area (Å²) in [6.07, 6.45) is 0. The average Bonchev–Trinajstić information content (AvgIpc) is 2.75. The second-order valence-corrected chi connectivity index (χ2v) is 6.53.